The summed E-state index contributed by atoms with van der Waals surface area (Å²) < 4.78 is 4.78. The van der Waals surface area contributed by atoms with Crippen molar-refractivity contribution in [2.75, 3.05) is 11.9 Å². The molecule has 0 atom stereocenters. The number of nitrogens with one attached hydrogen (secondary N) is 1. The maximum atomic E-state index is 11.4. The van der Waals surface area contributed by atoms with E-state index in [4.69, 9.17) is 16.3 Å². The highest BCUT2D eigenvalue weighted by atomic mass is 35.5. The zero-order chi connectivity index (χ0) is 12.8. The second kappa shape index (κ2) is 6.25. The minimum absolute atomic E-state index is 0.197. The lowest BCUT2D eigenvalue weighted by Crippen LogP contribution is -2.26. The molecule has 1 aromatic carbocycles. The van der Waals surface area contributed by atoms with Crippen molar-refractivity contribution in [1.82, 2.24) is 0 Å². The Morgan fingerprint density at radius 1 is 1.29 bits per heavy atom. The molecule has 17 heavy (non-hydrogen) atoms. The quantitative estimate of drug-likeness (QED) is 0.667. The molecule has 4 nitrogen and oxygen atoms in total. The normalized spacial score (nSPS) is 10.1. The average Bonchev–Trinajstić information content (AvgIpc) is 2.28. The molecule has 0 aliphatic carbocycles. The third-order valence-electron chi connectivity index (χ3n) is 1.84. The second-order valence-electron chi connectivity index (χ2n) is 3.95. The first-order valence-corrected chi connectivity index (χ1v) is 5.60. The largest absolute Gasteiger partial charge is 0.458 e. The number of carbonyl (C=O) groups excluding carboxylic acids is 2. The highest BCUT2D eigenvalue weighted by Crippen LogP contribution is 2.13. The van der Waals surface area contributed by atoms with E-state index < -0.39 is 11.9 Å². The number of hydrogen-bond donors (Lipinski definition) is 1. The summed E-state index contributed by atoms with van der Waals surface area (Å²) >= 11 is 5.69. The van der Waals surface area contributed by atoms with Gasteiger partial charge in [0.1, 0.15) is 0 Å². The predicted octanol–water partition coefficient (Wildman–Crippen LogP) is 2.48. The number of benzene rings is 1. The summed E-state index contributed by atoms with van der Waals surface area (Å²) in [5.41, 5.74) is 0.501. The molecule has 1 rings (SSSR count). The summed E-state index contributed by atoms with van der Waals surface area (Å²) in [6.45, 7) is 4.02. The molecule has 0 saturated carbocycles. The van der Waals surface area contributed by atoms with Crippen molar-refractivity contribution < 1.29 is 14.3 Å². The van der Waals surface area contributed by atoms with E-state index in [0.29, 0.717) is 10.7 Å². The Balaban J connectivity index is 2.48. The number of esters is 1. The van der Waals surface area contributed by atoms with Gasteiger partial charge in [0.05, 0.1) is 6.61 Å². The molecule has 0 aliphatic rings. The zero-order valence-electron chi connectivity index (χ0n) is 9.70. The number of rotatable bonds is 3. The molecule has 0 bridgehead atoms. The van der Waals surface area contributed by atoms with E-state index in [2.05, 4.69) is 5.32 Å². The summed E-state index contributed by atoms with van der Waals surface area (Å²) in [4.78, 5) is 22.6. The third kappa shape index (κ3) is 4.87. The maximum absolute atomic E-state index is 11.4. The van der Waals surface area contributed by atoms with E-state index in [1.54, 1.807) is 24.3 Å². The zero-order valence-corrected chi connectivity index (χ0v) is 10.5. The lowest BCUT2D eigenvalue weighted by atomic mass is 10.2. The van der Waals surface area contributed by atoms with Gasteiger partial charge in [-0.05, 0) is 30.2 Å². The highest BCUT2D eigenvalue weighted by Gasteiger charge is 2.15. The van der Waals surface area contributed by atoms with Crippen LogP contribution in [0.25, 0.3) is 0 Å². The summed E-state index contributed by atoms with van der Waals surface area (Å²) in [5, 5.41) is 2.98. The van der Waals surface area contributed by atoms with Crippen LogP contribution in [-0.2, 0) is 14.3 Å². The highest BCUT2D eigenvalue weighted by molar-refractivity contribution is 6.37. The monoisotopic (exact) mass is 255 g/mol. The van der Waals surface area contributed by atoms with Crippen LogP contribution in [0.15, 0.2) is 24.3 Å². The third-order valence-corrected chi connectivity index (χ3v) is 2.09. The van der Waals surface area contributed by atoms with Crippen molar-refractivity contribution >= 4 is 29.2 Å². The van der Waals surface area contributed by atoms with Gasteiger partial charge in [-0.1, -0.05) is 25.4 Å². The Hall–Kier alpha value is -1.55. The lowest BCUT2D eigenvalue weighted by molar-refractivity contribution is -0.153. The van der Waals surface area contributed by atoms with E-state index >= 15 is 0 Å². The van der Waals surface area contributed by atoms with E-state index in [9.17, 15) is 9.59 Å². The van der Waals surface area contributed by atoms with Crippen LogP contribution < -0.4 is 5.32 Å². The molecule has 1 amide bonds. The van der Waals surface area contributed by atoms with Crippen molar-refractivity contribution in [3.8, 4) is 0 Å². The molecule has 1 aromatic rings. The SMILES string of the molecule is CC(C)COC(=O)C(=O)Nc1ccc(Cl)cc1. The summed E-state index contributed by atoms with van der Waals surface area (Å²) in [6, 6.07) is 6.46. The Labute approximate surface area is 105 Å². The summed E-state index contributed by atoms with van der Waals surface area (Å²) in [7, 11) is 0. The van der Waals surface area contributed by atoms with E-state index in [0.717, 1.165) is 0 Å². The first-order valence-electron chi connectivity index (χ1n) is 5.22. The van der Waals surface area contributed by atoms with Gasteiger partial charge in [0.25, 0.3) is 0 Å². The molecular weight excluding hydrogens is 242 g/mol. The van der Waals surface area contributed by atoms with Gasteiger partial charge in [0.15, 0.2) is 0 Å². The van der Waals surface area contributed by atoms with Crippen LogP contribution >= 0.6 is 11.6 Å². The Kier molecular flexibility index (Phi) is 4.97. The minimum Gasteiger partial charge on any atom is -0.458 e. The van der Waals surface area contributed by atoms with Gasteiger partial charge in [-0.3, -0.25) is 4.79 Å². The van der Waals surface area contributed by atoms with Crippen molar-refractivity contribution in [2.45, 2.75) is 13.8 Å². The molecule has 1 N–H and O–H groups in total. The number of carbonyl (C=O) groups is 2. The number of anilines is 1. The molecule has 0 aliphatic heterocycles. The van der Waals surface area contributed by atoms with Crippen LogP contribution in [0.4, 0.5) is 5.69 Å². The van der Waals surface area contributed by atoms with Crippen LogP contribution in [0.3, 0.4) is 0 Å². The molecule has 0 spiro atoms. The van der Waals surface area contributed by atoms with Crippen molar-refractivity contribution in [3.05, 3.63) is 29.3 Å². The maximum Gasteiger partial charge on any atom is 0.397 e. The number of amides is 1. The van der Waals surface area contributed by atoms with Crippen molar-refractivity contribution in [1.29, 1.82) is 0 Å². The molecule has 0 saturated heterocycles. The lowest BCUT2D eigenvalue weighted by Gasteiger charge is -2.07. The van der Waals surface area contributed by atoms with E-state index in [1.807, 2.05) is 13.8 Å². The van der Waals surface area contributed by atoms with Gasteiger partial charge in [0, 0.05) is 10.7 Å². The Morgan fingerprint density at radius 3 is 2.41 bits per heavy atom. The fraction of sp³-hybridized carbons (Fsp3) is 0.333. The van der Waals surface area contributed by atoms with Gasteiger partial charge in [-0.2, -0.15) is 0 Å². The van der Waals surface area contributed by atoms with Crippen LogP contribution in [0.2, 0.25) is 5.02 Å². The summed E-state index contributed by atoms with van der Waals surface area (Å²) in [6.07, 6.45) is 0. The van der Waals surface area contributed by atoms with Crippen LogP contribution in [0.5, 0.6) is 0 Å². The number of ether oxygens (including phenoxy) is 1. The fourth-order valence-corrected chi connectivity index (χ4v) is 1.15. The topological polar surface area (TPSA) is 55.4 Å². The average molecular weight is 256 g/mol. The van der Waals surface area contributed by atoms with Crippen molar-refractivity contribution in [2.24, 2.45) is 5.92 Å². The predicted molar refractivity (Wildman–Crippen MR) is 65.9 cm³/mol. The molecule has 0 unspecified atom stereocenters. The van der Waals surface area contributed by atoms with E-state index in [-0.39, 0.29) is 12.5 Å². The Morgan fingerprint density at radius 2 is 1.88 bits per heavy atom. The van der Waals surface area contributed by atoms with Crippen LogP contribution in [0.1, 0.15) is 13.8 Å². The van der Waals surface area contributed by atoms with Crippen LogP contribution in [0, 0.1) is 5.92 Å². The first kappa shape index (κ1) is 13.5. The molecule has 0 radical (unpaired) electrons. The molecule has 92 valence electrons. The molecule has 5 heteroatoms. The molecule has 0 aromatic heterocycles. The smallest absolute Gasteiger partial charge is 0.397 e. The van der Waals surface area contributed by atoms with Crippen LogP contribution in [-0.4, -0.2) is 18.5 Å². The fourth-order valence-electron chi connectivity index (χ4n) is 1.02. The number of hydrogen-bond acceptors (Lipinski definition) is 3. The van der Waals surface area contributed by atoms with Gasteiger partial charge in [-0.25, -0.2) is 4.79 Å². The van der Waals surface area contributed by atoms with Gasteiger partial charge in [-0.15, -0.1) is 0 Å². The standard InChI is InChI=1S/C12H14ClNO3/c1-8(2)7-17-12(16)11(15)14-10-5-3-9(13)4-6-10/h3-6,8H,7H2,1-2H3,(H,14,15). The van der Waals surface area contributed by atoms with Crippen molar-refractivity contribution in [3.63, 3.8) is 0 Å². The number of halogens is 1. The first-order chi connectivity index (χ1) is 7.99. The van der Waals surface area contributed by atoms with E-state index in [1.165, 1.54) is 0 Å². The van der Waals surface area contributed by atoms with Gasteiger partial charge < -0.3 is 10.1 Å². The summed E-state index contributed by atoms with van der Waals surface area (Å²) in [5.74, 6) is -1.47. The minimum atomic E-state index is -0.881. The van der Waals surface area contributed by atoms with Gasteiger partial charge >= 0.3 is 11.9 Å². The second-order valence-corrected chi connectivity index (χ2v) is 4.39. The van der Waals surface area contributed by atoms with Gasteiger partial charge in [0.2, 0.25) is 0 Å². The molecular formula is C12H14ClNO3. The molecule has 0 fully saturated rings. The Bertz CT molecular complexity index is 401. The molecule has 0 heterocycles.